The van der Waals surface area contributed by atoms with Gasteiger partial charge >= 0.3 is 0 Å². The highest BCUT2D eigenvalue weighted by Gasteiger charge is 1.81. The zero-order valence-corrected chi connectivity index (χ0v) is 4.41. The zero-order chi connectivity index (χ0) is 4.99. The van der Waals surface area contributed by atoms with E-state index < -0.39 is 0 Å². The highest BCUT2D eigenvalue weighted by Crippen LogP contribution is 1.83. The Bertz CT molecular complexity index is 41.9. The molecule has 0 spiro atoms. The smallest absolute Gasteiger partial charge is 0.00836 e. The molecule has 0 heterocycles. The molecule has 0 aliphatic carbocycles. The Kier molecular flexibility index (Phi) is 2.73. The molecule has 0 aromatic rings. The van der Waals surface area contributed by atoms with Gasteiger partial charge in [0.15, 0.2) is 0 Å². The van der Waals surface area contributed by atoms with E-state index in [1.54, 1.807) is 0 Å². The second-order valence-electron chi connectivity index (χ2n) is 1.31. The molecule has 0 saturated heterocycles. The lowest BCUT2D eigenvalue weighted by Gasteiger charge is -1.86. The fraction of sp³-hybridized carbons (Fsp3) is 0.800. The molecule has 0 amide bonds. The van der Waals surface area contributed by atoms with Gasteiger partial charge in [0, 0.05) is 5.71 Å². The number of hydrogen-bond donors (Lipinski definition) is 1. The molecule has 0 atom stereocenters. The number of nitrogens with one attached hydrogen (secondary N) is 1. The molecule has 0 unspecified atom stereocenters. The van der Waals surface area contributed by atoms with Gasteiger partial charge in [-0.25, -0.2) is 0 Å². The number of rotatable bonds is 2. The van der Waals surface area contributed by atoms with Gasteiger partial charge in [0.05, 0.1) is 0 Å². The van der Waals surface area contributed by atoms with Crippen molar-refractivity contribution in [1.82, 2.24) is 0 Å². The molecule has 6 heavy (non-hydrogen) atoms. The lowest BCUT2D eigenvalue weighted by atomic mass is 10.2. The maximum absolute atomic E-state index is 6.99. The Morgan fingerprint density at radius 2 is 1.67 bits per heavy atom. The first-order valence-corrected chi connectivity index (χ1v) is 2.37. The molecule has 0 aliphatic heterocycles. The summed E-state index contributed by atoms with van der Waals surface area (Å²) in [6.45, 7) is 4.01. The fourth-order valence-corrected chi connectivity index (χ4v) is 0.250. The molecule has 0 radical (unpaired) electrons. The summed E-state index contributed by atoms with van der Waals surface area (Å²) in [7, 11) is 0. The van der Waals surface area contributed by atoms with E-state index in [1.807, 2.05) is 13.8 Å². The van der Waals surface area contributed by atoms with Crippen LogP contribution < -0.4 is 0 Å². The van der Waals surface area contributed by atoms with Gasteiger partial charge in [-0.1, -0.05) is 13.8 Å². The van der Waals surface area contributed by atoms with Gasteiger partial charge in [-0.2, -0.15) is 0 Å². The molecular weight excluding hydrogens is 74.1 g/mol. The lowest BCUT2D eigenvalue weighted by Crippen LogP contribution is -1.86. The summed E-state index contributed by atoms with van der Waals surface area (Å²) in [6, 6.07) is 0. The van der Waals surface area contributed by atoms with E-state index in [0.29, 0.717) is 0 Å². The zero-order valence-electron chi connectivity index (χ0n) is 4.41. The highest BCUT2D eigenvalue weighted by molar-refractivity contribution is 5.80. The van der Waals surface area contributed by atoms with Crippen molar-refractivity contribution in [3.05, 3.63) is 0 Å². The average Bonchev–Trinajstić information content (AvgIpc) is 1.65. The van der Waals surface area contributed by atoms with Crippen molar-refractivity contribution < 1.29 is 0 Å². The van der Waals surface area contributed by atoms with Crippen LogP contribution in [0.1, 0.15) is 26.7 Å². The van der Waals surface area contributed by atoms with Crippen LogP contribution in [-0.2, 0) is 0 Å². The molecular formula is C5H11N. The second kappa shape index (κ2) is 2.88. The van der Waals surface area contributed by atoms with E-state index in [1.165, 1.54) is 0 Å². The summed E-state index contributed by atoms with van der Waals surface area (Å²) in [6.07, 6.45) is 1.83. The molecule has 1 N–H and O–H groups in total. The SMILES string of the molecule is CCC(=N)CC. The molecule has 0 saturated carbocycles. The minimum atomic E-state index is 0.843. The van der Waals surface area contributed by atoms with Gasteiger partial charge in [-0.05, 0) is 12.8 Å². The second-order valence-corrected chi connectivity index (χ2v) is 1.31. The Morgan fingerprint density at radius 3 is 1.67 bits per heavy atom. The van der Waals surface area contributed by atoms with Gasteiger partial charge < -0.3 is 5.41 Å². The third-order valence-corrected chi connectivity index (χ3v) is 0.854. The van der Waals surface area contributed by atoms with Crippen LogP contribution >= 0.6 is 0 Å². The molecule has 0 aliphatic rings. The predicted octanol–water partition coefficient (Wildman–Crippen LogP) is 1.83. The first-order valence-electron chi connectivity index (χ1n) is 2.37. The van der Waals surface area contributed by atoms with Crippen molar-refractivity contribution in [2.45, 2.75) is 26.7 Å². The normalized spacial score (nSPS) is 8.33. The largest absolute Gasteiger partial charge is 0.310 e. The lowest BCUT2D eigenvalue weighted by molar-refractivity contribution is 1.13. The minimum absolute atomic E-state index is 0.843. The maximum Gasteiger partial charge on any atom is 0.00836 e. The van der Waals surface area contributed by atoms with Crippen LogP contribution in [0.25, 0.3) is 0 Å². The summed E-state index contributed by atoms with van der Waals surface area (Å²) >= 11 is 0. The highest BCUT2D eigenvalue weighted by atomic mass is 14.4. The van der Waals surface area contributed by atoms with Crippen LogP contribution in [0.4, 0.5) is 0 Å². The van der Waals surface area contributed by atoms with Crippen LogP contribution in [0, 0.1) is 5.41 Å². The van der Waals surface area contributed by atoms with Gasteiger partial charge in [0.2, 0.25) is 0 Å². The maximum atomic E-state index is 6.99. The summed E-state index contributed by atoms with van der Waals surface area (Å²) in [5.74, 6) is 0. The Morgan fingerprint density at radius 1 is 1.33 bits per heavy atom. The van der Waals surface area contributed by atoms with Crippen molar-refractivity contribution >= 4 is 5.71 Å². The molecule has 36 valence electrons. The number of hydrogen-bond acceptors (Lipinski definition) is 1. The van der Waals surface area contributed by atoms with Crippen molar-refractivity contribution in [1.29, 1.82) is 5.41 Å². The van der Waals surface area contributed by atoms with Crippen LogP contribution in [-0.4, -0.2) is 5.71 Å². The quantitative estimate of drug-likeness (QED) is 0.494. The van der Waals surface area contributed by atoms with Crippen molar-refractivity contribution in [2.75, 3.05) is 0 Å². The van der Waals surface area contributed by atoms with E-state index >= 15 is 0 Å². The van der Waals surface area contributed by atoms with E-state index in [4.69, 9.17) is 5.41 Å². The monoisotopic (exact) mass is 85.1 g/mol. The first-order chi connectivity index (χ1) is 2.81. The molecule has 1 nitrogen and oxygen atoms in total. The van der Waals surface area contributed by atoms with Gasteiger partial charge in [0.1, 0.15) is 0 Å². The molecule has 0 rings (SSSR count). The van der Waals surface area contributed by atoms with Gasteiger partial charge in [-0.15, -0.1) is 0 Å². The summed E-state index contributed by atoms with van der Waals surface area (Å²) in [5.41, 5.74) is 0.843. The van der Waals surface area contributed by atoms with Crippen molar-refractivity contribution in [3.63, 3.8) is 0 Å². The average molecular weight is 85.1 g/mol. The van der Waals surface area contributed by atoms with Crippen LogP contribution in [0.3, 0.4) is 0 Å². The van der Waals surface area contributed by atoms with Crippen LogP contribution in [0.5, 0.6) is 0 Å². The van der Waals surface area contributed by atoms with E-state index in [0.717, 1.165) is 18.6 Å². The first kappa shape index (κ1) is 5.67. The topological polar surface area (TPSA) is 23.9 Å². The standard InChI is InChI=1S/C5H11N/c1-3-5(6)4-2/h6H,3-4H2,1-2H3. The Hall–Kier alpha value is -0.330. The fourth-order valence-electron chi connectivity index (χ4n) is 0.250. The van der Waals surface area contributed by atoms with Crippen LogP contribution in [0.15, 0.2) is 0 Å². The van der Waals surface area contributed by atoms with Gasteiger partial charge in [0.25, 0.3) is 0 Å². The summed E-state index contributed by atoms with van der Waals surface area (Å²) in [5, 5.41) is 6.99. The van der Waals surface area contributed by atoms with Gasteiger partial charge in [-0.3, -0.25) is 0 Å². The predicted molar refractivity (Wildman–Crippen MR) is 28.3 cm³/mol. The molecule has 0 aromatic carbocycles. The minimum Gasteiger partial charge on any atom is -0.310 e. The van der Waals surface area contributed by atoms with E-state index in [-0.39, 0.29) is 0 Å². The Balaban J connectivity index is 2.99. The Labute approximate surface area is 38.9 Å². The van der Waals surface area contributed by atoms with E-state index in [2.05, 4.69) is 0 Å². The summed E-state index contributed by atoms with van der Waals surface area (Å²) in [4.78, 5) is 0. The molecule has 0 bridgehead atoms. The third kappa shape index (κ3) is 1.94. The molecule has 1 heteroatoms. The summed E-state index contributed by atoms with van der Waals surface area (Å²) < 4.78 is 0. The van der Waals surface area contributed by atoms with E-state index in [9.17, 15) is 0 Å². The third-order valence-electron chi connectivity index (χ3n) is 0.854. The molecule has 0 fully saturated rings. The van der Waals surface area contributed by atoms with Crippen molar-refractivity contribution in [2.24, 2.45) is 0 Å². The van der Waals surface area contributed by atoms with Crippen molar-refractivity contribution in [3.8, 4) is 0 Å². The van der Waals surface area contributed by atoms with Crippen LogP contribution in [0.2, 0.25) is 0 Å². The molecule has 0 aromatic heterocycles.